The van der Waals surface area contributed by atoms with Crippen LogP contribution >= 0.6 is 0 Å². The molecule has 1 aromatic heterocycles. The van der Waals surface area contributed by atoms with Gasteiger partial charge in [-0.1, -0.05) is 13.8 Å². The molecule has 0 saturated carbocycles. The Labute approximate surface area is 121 Å². The molecule has 0 saturated heterocycles. The lowest BCUT2D eigenvalue weighted by Gasteiger charge is -2.17. The van der Waals surface area contributed by atoms with Gasteiger partial charge in [-0.05, 0) is 26.1 Å². The molecule has 0 bridgehead atoms. The largest absolute Gasteiger partial charge is 0.475 e. The fourth-order valence-electron chi connectivity index (χ4n) is 1.80. The molecule has 0 aromatic carbocycles. The molecule has 0 fully saturated rings. The number of hydrogen-bond acceptors (Lipinski definition) is 6. The molecular formula is C14H26N4O2. The van der Waals surface area contributed by atoms with Crippen LogP contribution < -0.4 is 10.1 Å². The zero-order chi connectivity index (χ0) is 14.6. The summed E-state index contributed by atoms with van der Waals surface area (Å²) >= 11 is 0. The molecule has 1 heterocycles. The van der Waals surface area contributed by atoms with Crippen LogP contribution in [0.4, 0.5) is 5.82 Å². The average molecular weight is 282 g/mol. The molecule has 0 aliphatic carbocycles. The Kier molecular flexibility index (Phi) is 8.66. The number of anilines is 1. The van der Waals surface area contributed by atoms with Crippen LogP contribution in [0.2, 0.25) is 0 Å². The van der Waals surface area contributed by atoms with Crippen LogP contribution in [0, 0.1) is 0 Å². The number of nitrogens with one attached hydrogen (secondary N) is 1. The van der Waals surface area contributed by atoms with E-state index < -0.39 is 0 Å². The summed E-state index contributed by atoms with van der Waals surface area (Å²) in [7, 11) is 1.65. The van der Waals surface area contributed by atoms with Crippen molar-refractivity contribution < 1.29 is 9.47 Å². The van der Waals surface area contributed by atoms with Crippen LogP contribution in [0.1, 0.15) is 20.3 Å². The minimum absolute atomic E-state index is 0.495. The second-order valence-corrected chi connectivity index (χ2v) is 4.39. The zero-order valence-corrected chi connectivity index (χ0v) is 12.8. The molecule has 20 heavy (non-hydrogen) atoms. The Hall–Kier alpha value is -1.40. The SMILES string of the molecule is CCN(CC)CCCNc1cc(OCCOC)ncn1. The molecule has 0 atom stereocenters. The lowest BCUT2D eigenvalue weighted by Crippen LogP contribution is -2.25. The standard InChI is InChI=1S/C14H26N4O2/c1-4-18(5-2)8-6-7-15-13-11-14(17-12-16-13)20-10-9-19-3/h11-12H,4-10H2,1-3H3,(H,15,16,17). The van der Waals surface area contributed by atoms with Gasteiger partial charge in [0.1, 0.15) is 18.8 Å². The van der Waals surface area contributed by atoms with Crippen molar-refractivity contribution in [1.82, 2.24) is 14.9 Å². The first-order valence-electron chi connectivity index (χ1n) is 7.20. The van der Waals surface area contributed by atoms with E-state index in [4.69, 9.17) is 9.47 Å². The quantitative estimate of drug-likeness (QED) is 0.623. The lowest BCUT2D eigenvalue weighted by atomic mass is 10.3. The van der Waals surface area contributed by atoms with Crippen molar-refractivity contribution in [2.24, 2.45) is 0 Å². The van der Waals surface area contributed by atoms with Crippen molar-refractivity contribution in [1.29, 1.82) is 0 Å². The van der Waals surface area contributed by atoms with Gasteiger partial charge < -0.3 is 19.7 Å². The molecule has 0 unspecified atom stereocenters. The van der Waals surface area contributed by atoms with E-state index in [2.05, 4.69) is 34.0 Å². The molecule has 0 spiro atoms. The molecule has 6 heteroatoms. The van der Waals surface area contributed by atoms with Crippen molar-refractivity contribution in [3.8, 4) is 5.88 Å². The minimum atomic E-state index is 0.495. The number of aromatic nitrogens is 2. The van der Waals surface area contributed by atoms with E-state index in [1.807, 2.05) is 6.07 Å². The summed E-state index contributed by atoms with van der Waals surface area (Å²) < 4.78 is 10.4. The smallest absolute Gasteiger partial charge is 0.218 e. The second-order valence-electron chi connectivity index (χ2n) is 4.39. The zero-order valence-electron chi connectivity index (χ0n) is 12.8. The Morgan fingerprint density at radius 3 is 2.70 bits per heavy atom. The van der Waals surface area contributed by atoms with Gasteiger partial charge in [-0.3, -0.25) is 0 Å². The van der Waals surface area contributed by atoms with E-state index in [9.17, 15) is 0 Å². The van der Waals surface area contributed by atoms with Crippen LogP contribution in [-0.4, -0.2) is 61.4 Å². The maximum absolute atomic E-state index is 5.44. The second kappa shape index (κ2) is 10.4. The van der Waals surface area contributed by atoms with E-state index in [0.717, 1.165) is 38.4 Å². The third kappa shape index (κ3) is 6.68. The molecule has 1 aromatic rings. The monoisotopic (exact) mass is 282 g/mol. The molecule has 0 amide bonds. The van der Waals surface area contributed by atoms with Crippen LogP contribution in [0.5, 0.6) is 5.88 Å². The van der Waals surface area contributed by atoms with Gasteiger partial charge in [-0.15, -0.1) is 0 Å². The summed E-state index contributed by atoms with van der Waals surface area (Å²) in [5.74, 6) is 1.37. The average Bonchev–Trinajstić information content (AvgIpc) is 2.48. The number of rotatable bonds is 11. The number of methoxy groups -OCH3 is 1. The first kappa shape index (κ1) is 16.7. The van der Waals surface area contributed by atoms with E-state index in [1.54, 1.807) is 7.11 Å². The maximum atomic E-state index is 5.44. The Morgan fingerprint density at radius 2 is 2.00 bits per heavy atom. The third-order valence-electron chi connectivity index (χ3n) is 3.03. The fourth-order valence-corrected chi connectivity index (χ4v) is 1.80. The molecule has 0 radical (unpaired) electrons. The van der Waals surface area contributed by atoms with E-state index in [1.165, 1.54) is 6.33 Å². The molecule has 1 rings (SSSR count). The minimum Gasteiger partial charge on any atom is -0.475 e. The molecule has 0 aliphatic heterocycles. The predicted molar refractivity (Wildman–Crippen MR) is 80.3 cm³/mol. The first-order chi connectivity index (χ1) is 9.80. The Morgan fingerprint density at radius 1 is 1.20 bits per heavy atom. The van der Waals surface area contributed by atoms with E-state index in [-0.39, 0.29) is 0 Å². The molecular weight excluding hydrogens is 256 g/mol. The lowest BCUT2D eigenvalue weighted by molar-refractivity contribution is 0.143. The molecule has 1 N–H and O–H groups in total. The summed E-state index contributed by atoms with van der Waals surface area (Å²) in [6.07, 6.45) is 2.60. The van der Waals surface area contributed by atoms with Crippen molar-refractivity contribution in [3.05, 3.63) is 12.4 Å². The van der Waals surface area contributed by atoms with Crippen LogP contribution in [0.15, 0.2) is 12.4 Å². The van der Waals surface area contributed by atoms with Gasteiger partial charge in [0.2, 0.25) is 5.88 Å². The highest BCUT2D eigenvalue weighted by molar-refractivity contribution is 5.36. The normalized spacial score (nSPS) is 10.8. The summed E-state index contributed by atoms with van der Waals surface area (Å²) in [6, 6.07) is 1.81. The van der Waals surface area contributed by atoms with Gasteiger partial charge in [-0.25, -0.2) is 9.97 Å². The van der Waals surface area contributed by atoms with Gasteiger partial charge in [0.15, 0.2) is 0 Å². The molecule has 114 valence electrons. The summed E-state index contributed by atoms with van der Waals surface area (Å²) in [4.78, 5) is 10.6. The number of nitrogens with zero attached hydrogens (tertiary/aromatic N) is 3. The topological polar surface area (TPSA) is 59.5 Å². The van der Waals surface area contributed by atoms with E-state index in [0.29, 0.717) is 19.1 Å². The van der Waals surface area contributed by atoms with Crippen LogP contribution in [-0.2, 0) is 4.74 Å². The highest BCUT2D eigenvalue weighted by Gasteiger charge is 2.01. The van der Waals surface area contributed by atoms with Crippen molar-refractivity contribution in [3.63, 3.8) is 0 Å². The summed E-state index contributed by atoms with van der Waals surface area (Å²) in [5.41, 5.74) is 0. The van der Waals surface area contributed by atoms with Gasteiger partial charge in [0.25, 0.3) is 0 Å². The van der Waals surface area contributed by atoms with Gasteiger partial charge in [0, 0.05) is 19.7 Å². The van der Waals surface area contributed by atoms with Crippen LogP contribution in [0.3, 0.4) is 0 Å². The van der Waals surface area contributed by atoms with Crippen molar-refractivity contribution in [2.45, 2.75) is 20.3 Å². The highest BCUT2D eigenvalue weighted by Crippen LogP contribution is 2.10. The highest BCUT2D eigenvalue weighted by atomic mass is 16.5. The van der Waals surface area contributed by atoms with Gasteiger partial charge in [-0.2, -0.15) is 0 Å². The molecule has 0 aliphatic rings. The fraction of sp³-hybridized carbons (Fsp3) is 0.714. The third-order valence-corrected chi connectivity index (χ3v) is 3.03. The van der Waals surface area contributed by atoms with Crippen molar-refractivity contribution in [2.75, 3.05) is 51.8 Å². The Bertz CT molecular complexity index is 359. The van der Waals surface area contributed by atoms with Crippen LogP contribution in [0.25, 0.3) is 0 Å². The van der Waals surface area contributed by atoms with E-state index >= 15 is 0 Å². The summed E-state index contributed by atoms with van der Waals surface area (Å²) in [6.45, 7) is 9.61. The van der Waals surface area contributed by atoms with Crippen molar-refractivity contribution >= 4 is 5.82 Å². The van der Waals surface area contributed by atoms with Gasteiger partial charge in [0.05, 0.1) is 6.61 Å². The van der Waals surface area contributed by atoms with Gasteiger partial charge >= 0.3 is 0 Å². The number of hydrogen-bond donors (Lipinski definition) is 1. The summed E-state index contributed by atoms with van der Waals surface area (Å²) in [5, 5.41) is 3.29. The Balaban J connectivity index is 2.27. The number of ether oxygens (including phenoxy) is 2. The first-order valence-corrected chi connectivity index (χ1v) is 7.20. The molecule has 6 nitrogen and oxygen atoms in total. The maximum Gasteiger partial charge on any atom is 0.218 e. The predicted octanol–water partition coefficient (Wildman–Crippen LogP) is 1.65.